The van der Waals surface area contributed by atoms with Crippen LogP contribution in [0.15, 0.2) is 30.8 Å². The Morgan fingerprint density at radius 2 is 1.50 bits per heavy atom. The zero-order valence-electron chi connectivity index (χ0n) is 11.1. The van der Waals surface area contributed by atoms with Gasteiger partial charge in [-0.25, -0.2) is 0 Å². The lowest BCUT2D eigenvalue weighted by atomic mass is 9.47. The first-order chi connectivity index (χ1) is 8.79. The molecule has 5 rings (SSSR count). The van der Waals surface area contributed by atoms with E-state index in [-0.39, 0.29) is 0 Å². The minimum atomic E-state index is 0.513. The second-order valence-electron chi connectivity index (χ2n) is 6.99. The Kier molecular flexibility index (Phi) is 2.24. The summed E-state index contributed by atoms with van der Waals surface area (Å²) in [5.41, 5.74) is 3.51. The van der Waals surface area contributed by atoms with E-state index in [1.807, 2.05) is 0 Å². The molecular formula is C18H22. The summed E-state index contributed by atoms with van der Waals surface area (Å²) in [6.45, 7) is 4.02. The van der Waals surface area contributed by atoms with Crippen LogP contribution in [-0.2, 0) is 5.41 Å². The SMILES string of the molecule is C=Cc1ccccc1C12CC3CC(CC(C3)C1)C2. The van der Waals surface area contributed by atoms with Crippen LogP contribution in [0.3, 0.4) is 0 Å². The van der Waals surface area contributed by atoms with Crippen LogP contribution in [0.1, 0.15) is 49.7 Å². The molecular weight excluding hydrogens is 216 g/mol. The van der Waals surface area contributed by atoms with Gasteiger partial charge in [0.1, 0.15) is 0 Å². The van der Waals surface area contributed by atoms with E-state index < -0.39 is 0 Å². The van der Waals surface area contributed by atoms with E-state index in [0.29, 0.717) is 5.41 Å². The van der Waals surface area contributed by atoms with Crippen LogP contribution in [0.4, 0.5) is 0 Å². The number of hydrogen-bond donors (Lipinski definition) is 0. The van der Waals surface area contributed by atoms with Gasteiger partial charge in [-0.15, -0.1) is 0 Å². The summed E-state index contributed by atoms with van der Waals surface area (Å²) in [5.74, 6) is 3.07. The molecule has 4 bridgehead atoms. The number of benzene rings is 1. The maximum atomic E-state index is 4.02. The molecule has 0 nitrogen and oxygen atoms in total. The summed E-state index contributed by atoms with van der Waals surface area (Å²) in [7, 11) is 0. The smallest absolute Gasteiger partial charge is 0.00331 e. The van der Waals surface area contributed by atoms with E-state index in [0.717, 1.165) is 17.8 Å². The lowest BCUT2D eigenvalue weighted by molar-refractivity contribution is -0.00527. The second-order valence-corrected chi connectivity index (χ2v) is 6.99. The summed E-state index contributed by atoms with van der Waals surface area (Å²) in [4.78, 5) is 0. The number of rotatable bonds is 2. The van der Waals surface area contributed by atoms with Crippen LogP contribution >= 0.6 is 0 Å². The van der Waals surface area contributed by atoms with Crippen molar-refractivity contribution in [3.05, 3.63) is 42.0 Å². The maximum Gasteiger partial charge on any atom is -0.00331 e. The first-order valence-corrected chi connectivity index (χ1v) is 7.51. The molecule has 0 unspecified atom stereocenters. The lowest BCUT2D eigenvalue weighted by Gasteiger charge is -2.57. The van der Waals surface area contributed by atoms with Crippen LogP contribution in [0.5, 0.6) is 0 Å². The molecule has 1 aromatic rings. The highest BCUT2D eigenvalue weighted by Crippen LogP contribution is 2.61. The van der Waals surface area contributed by atoms with Crippen molar-refractivity contribution in [3.63, 3.8) is 0 Å². The van der Waals surface area contributed by atoms with Crippen LogP contribution in [0.25, 0.3) is 6.08 Å². The minimum absolute atomic E-state index is 0.513. The van der Waals surface area contributed by atoms with Gasteiger partial charge < -0.3 is 0 Å². The standard InChI is InChI=1S/C18H22/c1-2-16-5-3-4-6-17(16)18-10-13-7-14(11-18)9-15(8-13)12-18/h2-6,13-15H,1,7-12H2. The predicted molar refractivity (Wildman–Crippen MR) is 76.4 cm³/mol. The highest BCUT2D eigenvalue weighted by atomic mass is 14.6. The van der Waals surface area contributed by atoms with Crippen LogP contribution in [0.2, 0.25) is 0 Å². The van der Waals surface area contributed by atoms with Crippen LogP contribution in [0, 0.1) is 17.8 Å². The molecule has 0 heteroatoms. The Labute approximate surface area is 110 Å². The first-order valence-electron chi connectivity index (χ1n) is 7.51. The van der Waals surface area contributed by atoms with Gasteiger partial charge in [-0.2, -0.15) is 0 Å². The van der Waals surface area contributed by atoms with Crippen molar-refractivity contribution < 1.29 is 0 Å². The van der Waals surface area contributed by atoms with Gasteiger partial charge in [-0.1, -0.05) is 36.9 Å². The zero-order valence-corrected chi connectivity index (χ0v) is 11.1. The van der Waals surface area contributed by atoms with E-state index in [4.69, 9.17) is 0 Å². The lowest BCUT2D eigenvalue weighted by Crippen LogP contribution is -2.48. The van der Waals surface area contributed by atoms with Gasteiger partial charge in [0.05, 0.1) is 0 Å². The molecule has 0 heterocycles. The average Bonchev–Trinajstić information content (AvgIpc) is 2.37. The Bertz CT molecular complexity index is 447. The fourth-order valence-corrected chi connectivity index (χ4v) is 5.60. The molecule has 4 saturated carbocycles. The maximum absolute atomic E-state index is 4.02. The summed E-state index contributed by atoms with van der Waals surface area (Å²) in [5, 5.41) is 0. The Balaban J connectivity index is 1.81. The molecule has 0 aliphatic heterocycles. The van der Waals surface area contributed by atoms with E-state index in [9.17, 15) is 0 Å². The summed E-state index contributed by atoms with van der Waals surface area (Å²) in [6, 6.07) is 9.01. The highest BCUT2D eigenvalue weighted by Gasteiger charge is 2.51. The van der Waals surface area contributed by atoms with Crippen LogP contribution in [-0.4, -0.2) is 0 Å². The quantitative estimate of drug-likeness (QED) is 0.694. The fraction of sp³-hybridized carbons (Fsp3) is 0.556. The Morgan fingerprint density at radius 3 is 2.06 bits per heavy atom. The summed E-state index contributed by atoms with van der Waals surface area (Å²) >= 11 is 0. The molecule has 4 aliphatic carbocycles. The van der Waals surface area contributed by atoms with Crippen molar-refractivity contribution >= 4 is 6.08 Å². The average molecular weight is 238 g/mol. The van der Waals surface area contributed by atoms with Crippen molar-refractivity contribution in [2.24, 2.45) is 17.8 Å². The van der Waals surface area contributed by atoms with E-state index in [2.05, 4.69) is 36.9 Å². The van der Waals surface area contributed by atoms with E-state index >= 15 is 0 Å². The molecule has 0 atom stereocenters. The molecule has 0 amide bonds. The van der Waals surface area contributed by atoms with Gasteiger partial charge in [0, 0.05) is 0 Å². The van der Waals surface area contributed by atoms with Gasteiger partial charge in [0.2, 0.25) is 0 Å². The van der Waals surface area contributed by atoms with Crippen LogP contribution < -0.4 is 0 Å². The van der Waals surface area contributed by atoms with E-state index in [1.165, 1.54) is 44.1 Å². The van der Waals surface area contributed by atoms with Gasteiger partial charge >= 0.3 is 0 Å². The van der Waals surface area contributed by atoms with Crippen molar-refractivity contribution in [1.29, 1.82) is 0 Å². The van der Waals surface area contributed by atoms with Crippen molar-refractivity contribution in [2.45, 2.75) is 43.9 Å². The van der Waals surface area contributed by atoms with Crippen molar-refractivity contribution in [3.8, 4) is 0 Å². The summed E-state index contributed by atoms with van der Waals surface area (Å²) in [6.07, 6.45) is 11.0. The third-order valence-electron chi connectivity index (χ3n) is 5.79. The fourth-order valence-electron chi connectivity index (χ4n) is 5.60. The molecule has 4 aliphatic rings. The monoisotopic (exact) mass is 238 g/mol. The summed E-state index contributed by atoms with van der Waals surface area (Å²) < 4.78 is 0. The Hall–Kier alpha value is -1.04. The van der Waals surface area contributed by atoms with Gasteiger partial charge in [-0.05, 0) is 72.8 Å². The van der Waals surface area contributed by atoms with Gasteiger partial charge in [-0.3, -0.25) is 0 Å². The molecule has 1 aromatic carbocycles. The largest absolute Gasteiger partial charge is 0.0985 e. The molecule has 0 N–H and O–H groups in total. The second kappa shape index (κ2) is 3.73. The topological polar surface area (TPSA) is 0 Å². The third-order valence-corrected chi connectivity index (χ3v) is 5.79. The predicted octanol–water partition coefficient (Wildman–Crippen LogP) is 4.80. The Morgan fingerprint density at radius 1 is 0.944 bits per heavy atom. The normalized spacial score (nSPS) is 41.0. The molecule has 4 fully saturated rings. The number of hydrogen-bond acceptors (Lipinski definition) is 0. The highest BCUT2D eigenvalue weighted by molar-refractivity contribution is 5.55. The molecule has 94 valence electrons. The third kappa shape index (κ3) is 1.44. The van der Waals surface area contributed by atoms with E-state index in [1.54, 1.807) is 5.56 Å². The molecule has 0 radical (unpaired) electrons. The minimum Gasteiger partial charge on any atom is -0.0985 e. The first kappa shape index (κ1) is 10.8. The zero-order chi connectivity index (χ0) is 12.2. The molecule has 0 saturated heterocycles. The van der Waals surface area contributed by atoms with Gasteiger partial charge in [0.15, 0.2) is 0 Å². The molecule has 0 spiro atoms. The van der Waals surface area contributed by atoms with Crippen molar-refractivity contribution in [2.75, 3.05) is 0 Å². The molecule has 18 heavy (non-hydrogen) atoms. The molecule has 0 aromatic heterocycles. The van der Waals surface area contributed by atoms with Crippen molar-refractivity contribution in [1.82, 2.24) is 0 Å². The van der Waals surface area contributed by atoms with Gasteiger partial charge in [0.25, 0.3) is 0 Å².